The van der Waals surface area contributed by atoms with Crippen LogP contribution in [0.2, 0.25) is 0 Å². The number of rotatable bonds is 7. The van der Waals surface area contributed by atoms with E-state index in [1.54, 1.807) is 42.5 Å². The summed E-state index contributed by atoms with van der Waals surface area (Å²) in [5.41, 5.74) is 2.76. The van der Waals surface area contributed by atoms with E-state index in [1.807, 2.05) is 0 Å². The van der Waals surface area contributed by atoms with Gasteiger partial charge in [0.1, 0.15) is 17.6 Å². The summed E-state index contributed by atoms with van der Waals surface area (Å²) in [6, 6.07) is 14.7. The Morgan fingerprint density at radius 2 is 1.76 bits per heavy atom. The summed E-state index contributed by atoms with van der Waals surface area (Å²) in [5, 5.41) is 13.2. The van der Waals surface area contributed by atoms with Crippen LogP contribution in [0.4, 0.5) is 13.2 Å². The normalized spacial score (nSPS) is 19.5. The molecule has 210 valence electrons. The molecule has 1 aromatic heterocycles. The van der Waals surface area contributed by atoms with Gasteiger partial charge in [0.05, 0.1) is 18.6 Å². The Bertz CT molecular complexity index is 1640. The maximum atomic E-state index is 14.2. The van der Waals surface area contributed by atoms with Gasteiger partial charge in [-0.3, -0.25) is 4.79 Å². The van der Waals surface area contributed by atoms with E-state index in [2.05, 4.69) is 10.1 Å². The molecule has 3 aliphatic rings. The highest BCUT2D eigenvalue weighted by molar-refractivity contribution is 5.76. The minimum absolute atomic E-state index is 0.0227. The van der Waals surface area contributed by atoms with E-state index in [0.717, 1.165) is 30.0 Å². The highest BCUT2D eigenvalue weighted by atomic mass is 19.4. The van der Waals surface area contributed by atoms with Gasteiger partial charge >= 0.3 is 12.1 Å². The van der Waals surface area contributed by atoms with Crippen molar-refractivity contribution in [1.29, 1.82) is 0 Å². The van der Waals surface area contributed by atoms with E-state index in [0.29, 0.717) is 58.7 Å². The predicted molar refractivity (Wildman–Crippen MR) is 141 cm³/mol. The standard InChI is InChI=1S/C31H25F3N2O5/c32-31(33,34)24-11-9-22-23(28(24)16-1-3-17(4-2-16)29-35-30(41-36-29)18-5-6-18)10-12-25(22)40-20-7-8-21-19(13-27(37)38)15-39-26(21)14-20/h1-4,7-9,11,14,18-19,25H,5-6,10,12-13,15H2,(H,37,38)/t19-,25-/m1/s1. The minimum Gasteiger partial charge on any atom is -0.492 e. The Labute approximate surface area is 232 Å². The van der Waals surface area contributed by atoms with Gasteiger partial charge in [-0.05, 0) is 60.1 Å². The molecule has 1 N–H and O–H groups in total. The van der Waals surface area contributed by atoms with E-state index in [9.17, 15) is 18.0 Å². The first-order valence-corrected chi connectivity index (χ1v) is 13.6. The van der Waals surface area contributed by atoms with E-state index < -0.39 is 23.8 Å². The van der Waals surface area contributed by atoms with Crippen molar-refractivity contribution in [2.24, 2.45) is 0 Å². The van der Waals surface area contributed by atoms with Crippen LogP contribution in [0.25, 0.3) is 22.5 Å². The Hall–Kier alpha value is -4.34. The molecule has 2 heterocycles. The number of carboxylic acid groups (broad SMARTS) is 1. The number of benzene rings is 3. The van der Waals surface area contributed by atoms with Crippen LogP contribution in [0.3, 0.4) is 0 Å². The Morgan fingerprint density at radius 1 is 1.00 bits per heavy atom. The van der Waals surface area contributed by atoms with Crippen LogP contribution in [0.5, 0.6) is 11.5 Å². The van der Waals surface area contributed by atoms with Crippen molar-refractivity contribution in [3.8, 4) is 34.0 Å². The SMILES string of the molecule is O=C(O)C[C@@H]1COc2cc(O[C@@H]3CCc4c3ccc(C(F)(F)F)c4-c3ccc(-c4noc(C5CC5)n4)cc3)ccc21. The molecule has 2 aliphatic carbocycles. The monoisotopic (exact) mass is 562 g/mol. The van der Waals surface area contributed by atoms with Crippen molar-refractivity contribution in [1.82, 2.24) is 10.1 Å². The van der Waals surface area contributed by atoms with E-state index in [1.165, 1.54) is 6.07 Å². The zero-order valence-corrected chi connectivity index (χ0v) is 21.8. The van der Waals surface area contributed by atoms with Crippen LogP contribution in [0, 0.1) is 0 Å². The Morgan fingerprint density at radius 3 is 2.49 bits per heavy atom. The maximum absolute atomic E-state index is 14.2. The summed E-state index contributed by atoms with van der Waals surface area (Å²) in [6.07, 6.45) is -1.98. The van der Waals surface area contributed by atoms with Crippen LogP contribution < -0.4 is 9.47 Å². The largest absolute Gasteiger partial charge is 0.492 e. The van der Waals surface area contributed by atoms with E-state index in [4.69, 9.17) is 19.1 Å². The zero-order chi connectivity index (χ0) is 28.3. The Kier molecular flexibility index (Phi) is 6.02. The third-order valence-electron chi connectivity index (χ3n) is 8.02. The van der Waals surface area contributed by atoms with E-state index in [-0.39, 0.29) is 24.5 Å². The van der Waals surface area contributed by atoms with Gasteiger partial charge in [0.15, 0.2) is 0 Å². The molecule has 0 radical (unpaired) electrons. The second-order valence-corrected chi connectivity index (χ2v) is 10.8. The molecule has 0 spiro atoms. The van der Waals surface area contributed by atoms with Gasteiger partial charge in [0, 0.05) is 29.0 Å². The molecule has 0 saturated heterocycles. The maximum Gasteiger partial charge on any atom is 0.417 e. The lowest BCUT2D eigenvalue weighted by Gasteiger charge is -2.20. The quantitative estimate of drug-likeness (QED) is 0.252. The molecule has 0 bridgehead atoms. The number of carboxylic acids is 1. The average molecular weight is 563 g/mol. The van der Waals surface area contributed by atoms with Gasteiger partial charge in [-0.25, -0.2) is 0 Å². The molecule has 10 heteroatoms. The number of halogens is 3. The number of hydrogen-bond acceptors (Lipinski definition) is 6. The van der Waals surface area contributed by atoms with Crippen molar-refractivity contribution >= 4 is 5.97 Å². The second-order valence-electron chi connectivity index (χ2n) is 10.8. The Balaban J connectivity index is 1.18. The van der Waals surface area contributed by atoms with Crippen LogP contribution in [0.15, 0.2) is 59.1 Å². The fraction of sp³-hybridized carbons (Fsp3) is 0.323. The highest BCUT2D eigenvalue weighted by Crippen LogP contribution is 2.47. The number of aromatic nitrogens is 2. The van der Waals surface area contributed by atoms with Gasteiger partial charge in [0.2, 0.25) is 11.7 Å². The summed E-state index contributed by atoms with van der Waals surface area (Å²) >= 11 is 0. The fourth-order valence-electron chi connectivity index (χ4n) is 5.86. The molecule has 2 atom stereocenters. The number of alkyl halides is 3. The third-order valence-corrected chi connectivity index (χ3v) is 8.02. The van der Waals surface area contributed by atoms with Crippen molar-refractivity contribution < 1.29 is 37.1 Å². The van der Waals surface area contributed by atoms with Crippen LogP contribution >= 0.6 is 0 Å². The molecule has 7 rings (SSSR count). The van der Waals surface area contributed by atoms with Crippen molar-refractivity contribution in [3.63, 3.8) is 0 Å². The van der Waals surface area contributed by atoms with Crippen LogP contribution in [0.1, 0.15) is 71.8 Å². The first-order valence-electron chi connectivity index (χ1n) is 13.6. The summed E-state index contributed by atoms with van der Waals surface area (Å²) in [7, 11) is 0. The smallest absolute Gasteiger partial charge is 0.417 e. The molecular weight excluding hydrogens is 537 g/mol. The van der Waals surface area contributed by atoms with Crippen molar-refractivity contribution in [2.45, 2.75) is 56.2 Å². The number of ether oxygens (including phenoxy) is 2. The molecular formula is C31H25F3N2O5. The fourth-order valence-corrected chi connectivity index (χ4v) is 5.86. The van der Waals surface area contributed by atoms with Gasteiger partial charge in [-0.2, -0.15) is 18.2 Å². The molecule has 3 aromatic carbocycles. The number of fused-ring (bicyclic) bond motifs is 2. The number of hydrogen-bond donors (Lipinski definition) is 1. The minimum atomic E-state index is -4.53. The van der Waals surface area contributed by atoms with Gasteiger partial charge in [0.25, 0.3) is 0 Å². The van der Waals surface area contributed by atoms with Gasteiger partial charge < -0.3 is 19.1 Å². The van der Waals surface area contributed by atoms with Crippen molar-refractivity contribution in [3.05, 3.63) is 82.7 Å². The lowest BCUT2D eigenvalue weighted by Crippen LogP contribution is -2.10. The lowest BCUT2D eigenvalue weighted by atomic mass is 9.91. The van der Waals surface area contributed by atoms with Gasteiger partial charge in [-0.1, -0.05) is 41.6 Å². The molecule has 0 amide bonds. The highest BCUT2D eigenvalue weighted by Gasteiger charge is 2.38. The molecule has 1 aliphatic heterocycles. The topological polar surface area (TPSA) is 94.7 Å². The van der Waals surface area contributed by atoms with E-state index >= 15 is 0 Å². The summed E-state index contributed by atoms with van der Waals surface area (Å²) < 4.78 is 59.9. The average Bonchev–Trinajstić information content (AvgIpc) is 3.34. The lowest BCUT2D eigenvalue weighted by molar-refractivity contribution is -0.138. The number of nitrogens with zero attached hydrogens (tertiary/aromatic N) is 2. The van der Waals surface area contributed by atoms with Crippen molar-refractivity contribution in [2.75, 3.05) is 6.61 Å². The predicted octanol–water partition coefficient (Wildman–Crippen LogP) is 7.32. The third kappa shape index (κ3) is 4.81. The molecule has 1 fully saturated rings. The van der Waals surface area contributed by atoms with Gasteiger partial charge in [-0.15, -0.1) is 0 Å². The zero-order valence-electron chi connectivity index (χ0n) is 21.8. The molecule has 4 aromatic rings. The summed E-state index contributed by atoms with van der Waals surface area (Å²) in [5.74, 6) is 1.32. The first kappa shape index (κ1) is 25.6. The molecule has 0 unspecified atom stereocenters. The summed E-state index contributed by atoms with van der Waals surface area (Å²) in [6.45, 7) is 0.286. The second kappa shape index (κ2) is 9.64. The summed E-state index contributed by atoms with van der Waals surface area (Å²) in [4.78, 5) is 15.6. The van der Waals surface area contributed by atoms with Crippen LogP contribution in [-0.2, 0) is 17.4 Å². The van der Waals surface area contributed by atoms with Crippen LogP contribution in [-0.4, -0.2) is 27.8 Å². The number of carbonyl (C=O) groups is 1. The molecule has 7 nitrogen and oxygen atoms in total. The first-order chi connectivity index (χ1) is 19.7. The number of aliphatic carboxylic acids is 1. The molecule has 1 saturated carbocycles. The molecule has 41 heavy (non-hydrogen) atoms.